The van der Waals surface area contributed by atoms with Crippen LogP contribution in [0.4, 0.5) is 0 Å². The second kappa shape index (κ2) is 7.50. The van der Waals surface area contributed by atoms with Gasteiger partial charge in [-0.3, -0.25) is 14.4 Å². The number of hydrogen-bond donors (Lipinski definition) is 2. The Morgan fingerprint density at radius 2 is 1.96 bits per heavy atom. The number of benzene rings is 1. The monoisotopic (exact) mass is 336 g/mol. The number of aliphatic carboxylic acids is 1. The van der Waals surface area contributed by atoms with Crippen molar-refractivity contribution in [1.29, 1.82) is 0 Å². The fourth-order valence-electron chi connectivity index (χ4n) is 2.52. The molecule has 2 rings (SSSR count). The number of thioether (sulfide) groups is 1. The van der Waals surface area contributed by atoms with Crippen molar-refractivity contribution in [3.8, 4) is 0 Å². The van der Waals surface area contributed by atoms with Crippen molar-refractivity contribution in [2.24, 2.45) is 5.92 Å². The van der Waals surface area contributed by atoms with Crippen LogP contribution < -0.4 is 5.32 Å². The first-order valence-corrected chi connectivity index (χ1v) is 8.50. The zero-order valence-electron chi connectivity index (χ0n) is 13.1. The molecule has 1 aromatic carbocycles. The maximum Gasteiger partial charge on any atom is 0.308 e. The number of nitrogens with zero attached hydrogens (tertiary/aromatic N) is 1. The summed E-state index contributed by atoms with van der Waals surface area (Å²) in [4.78, 5) is 37.0. The highest BCUT2D eigenvalue weighted by Gasteiger charge is 2.35. The summed E-state index contributed by atoms with van der Waals surface area (Å²) < 4.78 is 0. The summed E-state index contributed by atoms with van der Waals surface area (Å²) in [5.74, 6) is -1.22. The molecular formula is C16H20N2O4S. The van der Waals surface area contributed by atoms with Gasteiger partial charge in [0.1, 0.15) is 6.04 Å². The zero-order valence-corrected chi connectivity index (χ0v) is 13.9. The van der Waals surface area contributed by atoms with Crippen LogP contribution in [0.3, 0.4) is 0 Å². The Morgan fingerprint density at radius 1 is 1.30 bits per heavy atom. The van der Waals surface area contributed by atoms with E-state index in [-0.39, 0.29) is 11.8 Å². The summed E-state index contributed by atoms with van der Waals surface area (Å²) >= 11 is 1.51. The molecule has 3 unspecified atom stereocenters. The largest absolute Gasteiger partial charge is 0.481 e. The first kappa shape index (κ1) is 17.3. The fraction of sp³-hybridized carbons (Fsp3) is 0.438. The lowest BCUT2D eigenvalue weighted by molar-refractivity contribution is -0.143. The van der Waals surface area contributed by atoms with E-state index in [2.05, 4.69) is 5.32 Å². The molecule has 1 saturated heterocycles. The van der Waals surface area contributed by atoms with Gasteiger partial charge in [0.15, 0.2) is 0 Å². The van der Waals surface area contributed by atoms with E-state index in [0.29, 0.717) is 11.6 Å². The average Bonchev–Trinajstić information content (AvgIpc) is 3.02. The number of carboxylic acids is 1. The Kier molecular flexibility index (Phi) is 5.65. The third kappa shape index (κ3) is 4.04. The van der Waals surface area contributed by atoms with Gasteiger partial charge < -0.3 is 15.3 Å². The standard InChI is InChI=1S/C16H20N2O4S/c1-10(16(21)22)14(12-6-4-3-5-7-12)17-15(20)13-8-23-9-18(13)11(2)19/h3-7,10,13-14H,8-9H2,1-2H3,(H,17,20)(H,21,22). The molecule has 1 aromatic rings. The number of nitrogens with one attached hydrogen (secondary N) is 1. The number of carbonyl (C=O) groups excluding carboxylic acids is 2. The Labute approximate surface area is 139 Å². The molecule has 0 bridgehead atoms. The minimum absolute atomic E-state index is 0.155. The van der Waals surface area contributed by atoms with Crippen molar-refractivity contribution in [2.75, 3.05) is 11.6 Å². The van der Waals surface area contributed by atoms with Gasteiger partial charge >= 0.3 is 5.97 Å². The molecule has 7 heteroatoms. The summed E-state index contributed by atoms with van der Waals surface area (Å²) in [5, 5.41) is 12.1. The maximum absolute atomic E-state index is 12.6. The molecular weight excluding hydrogens is 316 g/mol. The van der Waals surface area contributed by atoms with Crippen molar-refractivity contribution in [1.82, 2.24) is 10.2 Å². The van der Waals surface area contributed by atoms with Crippen molar-refractivity contribution in [3.63, 3.8) is 0 Å². The zero-order chi connectivity index (χ0) is 17.0. The van der Waals surface area contributed by atoms with E-state index in [1.807, 2.05) is 6.07 Å². The predicted molar refractivity (Wildman–Crippen MR) is 87.8 cm³/mol. The summed E-state index contributed by atoms with van der Waals surface area (Å²) in [6.07, 6.45) is 0. The van der Waals surface area contributed by atoms with Gasteiger partial charge in [-0.25, -0.2) is 0 Å². The van der Waals surface area contributed by atoms with E-state index >= 15 is 0 Å². The first-order valence-electron chi connectivity index (χ1n) is 7.35. The van der Waals surface area contributed by atoms with Crippen LogP contribution in [0.25, 0.3) is 0 Å². The molecule has 0 aromatic heterocycles. The Balaban J connectivity index is 2.19. The highest BCUT2D eigenvalue weighted by Crippen LogP contribution is 2.25. The van der Waals surface area contributed by atoms with E-state index in [1.165, 1.54) is 23.6 Å². The Hall–Kier alpha value is -2.02. The van der Waals surface area contributed by atoms with E-state index < -0.39 is 24.0 Å². The van der Waals surface area contributed by atoms with Gasteiger partial charge in [0.25, 0.3) is 0 Å². The third-order valence-corrected chi connectivity index (χ3v) is 4.95. The molecule has 1 heterocycles. The molecule has 23 heavy (non-hydrogen) atoms. The SMILES string of the molecule is CC(=O)N1CSCC1C(=O)NC(c1ccccc1)C(C)C(=O)O. The van der Waals surface area contributed by atoms with Crippen molar-refractivity contribution in [2.45, 2.75) is 25.9 Å². The lowest BCUT2D eigenvalue weighted by Crippen LogP contribution is -2.48. The second-order valence-electron chi connectivity index (χ2n) is 5.53. The van der Waals surface area contributed by atoms with Crippen LogP contribution in [0, 0.1) is 5.92 Å². The van der Waals surface area contributed by atoms with Crippen LogP contribution in [-0.2, 0) is 14.4 Å². The number of carbonyl (C=O) groups is 3. The smallest absolute Gasteiger partial charge is 0.308 e. The van der Waals surface area contributed by atoms with Gasteiger partial charge in [0.2, 0.25) is 11.8 Å². The van der Waals surface area contributed by atoms with Crippen LogP contribution in [0.5, 0.6) is 0 Å². The average molecular weight is 336 g/mol. The van der Waals surface area contributed by atoms with Gasteiger partial charge in [0.05, 0.1) is 17.8 Å². The van der Waals surface area contributed by atoms with Gasteiger partial charge in [-0.05, 0) is 12.5 Å². The van der Waals surface area contributed by atoms with Crippen molar-refractivity contribution in [3.05, 3.63) is 35.9 Å². The van der Waals surface area contributed by atoms with Gasteiger partial charge in [-0.2, -0.15) is 0 Å². The Morgan fingerprint density at radius 3 is 2.52 bits per heavy atom. The molecule has 0 aliphatic carbocycles. The van der Waals surface area contributed by atoms with Gasteiger partial charge in [-0.1, -0.05) is 30.3 Å². The molecule has 1 aliphatic heterocycles. The van der Waals surface area contributed by atoms with E-state index in [4.69, 9.17) is 0 Å². The molecule has 0 spiro atoms. The highest BCUT2D eigenvalue weighted by molar-refractivity contribution is 7.99. The molecule has 6 nitrogen and oxygen atoms in total. The molecule has 2 amide bonds. The predicted octanol–water partition coefficient (Wildman–Crippen LogP) is 1.49. The van der Waals surface area contributed by atoms with Crippen LogP contribution in [-0.4, -0.2) is 45.5 Å². The molecule has 3 atom stereocenters. The highest BCUT2D eigenvalue weighted by atomic mass is 32.2. The topological polar surface area (TPSA) is 86.7 Å². The van der Waals surface area contributed by atoms with E-state index in [1.54, 1.807) is 31.2 Å². The molecule has 0 radical (unpaired) electrons. The van der Waals surface area contributed by atoms with Gasteiger partial charge in [-0.15, -0.1) is 11.8 Å². The summed E-state index contributed by atoms with van der Waals surface area (Å²) in [6.45, 7) is 2.99. The lowest BCUT2D eigenvalue weighted by atomic mass is 9.94. The number of amides is 2. The molecule has 2 N–H and O–H groups in total. The first-order chi connectivity index (χ1) is 10.9. The number of rotatable bonds is 5. The van der Waals surface area contributed by atoms with Crippen LogP contribution >= 0.6 is 11.8 Å². The fourth-order valence-corrected chi connectivity index (χ4v) is 3.74. The van der Waals surface area contributed by atoms with E-state index in [9.17, 15) is 19.5 Å². The van der Waals surface area contributed by atoms with E-state index in [0.717, 1.165) is 5.56 Å². The minimum atomic E-state index is -0.983. The number of hydrogen-bond acceptors (Lipinski definition) is 4. The van der Waals surface area contributed by atoms with Crippen LogP contribution in [0.1, 0.15) is 25.5 Å². The summed E-state index contributed by atoms with van der Waals surface area (Å²) in [7, 11) is 0. The Bertz CT molecular complexity index is 593. The minimum Gasteiger partial charge on any atom is -0.481 e. The van der Waals surface area contributed by atoms with Crippen LogP contribution in [0.15, 0.2) is 30.3 Å². The van der Waals surface area contributed by atoms with Crippen molar-refractivity contribution < 1.29 is 19.5 Å². The molecule has 0 saturated carbocycles. The lowest BCUT2D eigenvalue weighted by Gasteiger charge is -2.27. The molecule has 1 aliphatic rings. The van der Waals surface area contributed by atoms with Crippen LogP contribution in [0.2, 0.25) is 0 Å². The summed E-state index contributed by atoms with van der Waals surface area (Å²) in [5.41, 5.74) is 0.732. The van der Waals surface area contributed by atoms with Gasteiger partial charge in [0, 0.05) is 12.7 Å². The second-order valence-corrected chi connectivity index (χ2v) is 6.53. The molecule has 1 fully saturated rings. The van der Waals surface area contributed by atoms with Crippen molar-refractivity contribution >= 4 is 29.5 Å². The third-order valence-electron chi connectivity index (χ3n) is 3.94. The normalized spacial score (nSPS) is 19.9. The number of carboxylic acid groups (broad SMARTS) is 1. The quantitative estimate of drug-likeness (QED) is 0.851. The maximum atomic E-state index is 12.6. The summed E-state index contributed by atoms with van der Waals surface area (Å²) in [6, 6.07) is 7.82. The molecule has 124 valence electrons.